The highest BCUT2D eigenvalue weighted by atomic mass is 32.2. The lowest BCUT2D eigenvalue weighted by Gasteiger charge is -2.41. The number of benzene rings is 2. The van der Waals surface area contributed by atoms with Gasteiger partial charge in [-0.05, 0) is 74.2 Å². The summed E-state index contributed by atoms with van der Waals surface area (Å²) in [6, 6.07) is 8.43. The molecule has 0 unspecified atom stereocenters. The zero-order valence-corrected chi connectivity index (χ0v) is 18.5. The van der Waals surface area contributed by atoms with Gasteiger partial charge in [-0.2, -0.15) is 4.31 Å². The number of aryl methyl sites for hydroxylation is 1. The SMILES string of the molecule is Cc1cc(F)ccc1COc1ccc(S(=O)(=O)N2CCC[C@@](C)(O)[C@@H]2C(=O)O)cc1.NO. The molecule has 3 rings (SSSR count). The second-order valence-electron chi connectivity index (χ2n) is 7.65. The molecular weight excluding hydrogens is 443 g/mol. The maximum absolute atomic E-state index is 13.2. The number of halogens is 1. The minimum absolute atomic E-state index is 0.0115. The van der Waals surface area contributed by atoms with Crippen molar-refractivity contribution in [2.45, 2.75) is 49.8 Å². The Morgan fingerprint density at radius 2 is 1.88 bits per heavy atom. The first-order valence-corrected chi connectivity index (χ1v) is 11.2. The number of ether oxygens (including phenoxy) is 1. The summed E-state index contributed by atoms with van der Waals surface area (Å²) in [5.41, 5.74) is -0.119. The van der Waals surface area contributed by atoms with Crippen LogP contribution in [0.5, 0.6) is 5.75 Å². The molecule has 0 saturated carbocycles. The number of hydrogen-bond donors (Lipinski definition) is 4. The lowest BCUT2D eigenvalue weighted by Crippen LogP contribution is -2.60. The fourth-order valence-electron chi connectivity index (χ4n) is 3.64. The van der Waals surface area contributed by atoms with E-state index in [9.17, 15) is 27.8 Å². The zero-order chi connectivity index (χ0) is 24.1. The minimum atomic E-state index is -4.13. The van der Waals surface area contributed by atoms with Crippen molar-refractivity contribution in [1.82, 2.24) is 4.31 Å². The van der Waals surface area contributed by atoms with Crippen LogP contribution in [0.15, 0.2) is 47.4 Å². The lowest BCUT2D eigenvalue weighted by molar-refractivity contribution is -0.153. The smallest absolute Gasteiger partial charge is 0.325 e. The molecule has 1 heterocycles. The van der Waals surface area contributed by atoms with Gasteiger partial charge in [-0.1, -0.05) is 6.07 Å². The second kappa shape index (κ2) is 10.4. The second-order valence-corrected chi connectivity index (χ2v) is 9.54. The van der Waals surface area contributed by atoms with Gasteiger partial charge in [-0.25, -0.2) is 18.7 Å². The van der Waals surface area contributed by atoms with Crippen molar-refractivity contribution in [2.75, 3.05) is 6.54 Å². The number of carboxylic acid groups (broad SMARTS) is 1. The average Bonchev–Trinajstić information content (AvgIpc) is 2.73. The molecule has 0 spiro atoms. The molecule has 32 heavy (non-hydrogen) atoms. The van der Waals surface area contributed by atoms with Crippen molar-refractivity contribution in [1.29, 1.82) is 0 Å². The van der Waals surface area contributed by atoms with Crippen LogP contribution in [-0.2, 0) is 21.4 Å². The first kappa shape index (κ1) is 25.7. The van der Waals surface area contributed by atoms with E-state index in [4.69, 9.17) is 9.94 Å². The van der Waals surface area contributed by atoms with E-state index in [2.05, 4.69) is 5.90 Å². The fourth-order valence-corrected chi connectivity index (χ4v) is 5.36. The van der Waals surface area contributed by atoms with E-state index in [1.54, 1.807) is 13.0 Å². The minimum Gasteiger partial charge on any atom is -0.489 e. The largest absolute Gasteiger partial charge is 0.489 e. The Balaban J connectivity index is 0.00000176. The summed E-state index contributed by atoms with van der Waals surface area (Å²) in [5, 5.41) is 26.4. The first-order valence-electron chi connectivity index (χ1n) is 9.73. The summed E-state index contributed by atoms with van der Waals surface area (Å²) in [4.78, 5) is 11.6. The highest BCUT2D eigenvalue weighted by Crippen LogP contribution is 2.32. The highest BCUT2D eigenvalue weighted by molar-refractivity contribution is 7.89. The number of nitrogens with zero attached hydrogens (tertiary/aromatic N) is 1. The molecule has 1 aliphatic rings. The van der Waals surface area contributed by atoms with Gasteiger partial charge < -0.3 is 20.2 Å². The van der Waals surface area contributed by atoms with Gasteiger partial charge >= 0.3 is 5.97 Å². The molecule has 11 heteroatoms. The summed E-state index contributed by atoms with van der Waals surface area (Å²) in [7, 11) is -4.13. The Bertz CT molecular complexity index is 1040. The lowest BCUT2D eigenvalue weighted by atomic mass is 9.88. The Kier molecular flexibility index (Phi) is 8.32. The molecule has 2 aromatic rings. The van der Waals surface area contributed by atoms with Gasteiger partial charge in [0.15, 0.2) is 6.04 Å². The predicted octanol–water partition coefficient (Wildman–Crippen LogP) is 2.04. The van der Waals surface area contributed by atoms with Crippen LogP contribution in [0.2, 0.25) is 0 Å². The van der Waals surface area contributed by atoms with Crippen LogP contribution in [-0.4, -0.2) is 52.3 Å². The van der Waals surface area contributed by atoms with E-state index in [0.29, 0.717) is 12.2 Å². The van der Waals surface area contributed by atoms with Crippen molar-refractivity contribution in [3.63, 3.8) is 0 Å². The molecule has 1 saturated heterocycles. The van der Waals surface area contributed by atoms with Crippen molar-refractivity contribution >= 4 is 16.0 Å². The predicted molar refractivity (Wildman–Crippen MR) is 113 cm³/mol. The summed E-state index contributed by atoms with van der Waals surface area (Å²) < 4.78 is 45.8. The van der Waals surface area contributed by atoms with Crippen molar-refractivity contribution in [2.24, 2.45) is 5.90 Å². The highest BCUT2D eigenvalue weighted by Gasteiger charge is 2.49. The molecule has 9 nitrogen and oxygen atoms in total. The number of sulfonamides is 1. The maximum Gasteiger partial charge on any atom is 0.325 e. The normalized spacial score (nSPS) is 21.4. The van der Waals surface area contributed by atoms with Crippen molar-refractivity contribution in [3.8, 4) is 5.75 Å². The van der Waals surface area contributed by atoms with Gasteiger partial charge in [0.1, 0.15) is 18.2 Å². The topological polar surface area (TPSA) is 150 Å². The van der Waals surface area contributed by atoms with Gasteiger partial charge in [0, 0.05) is 6.54 Å². The number of hydrogen-bond acceptors (Lipinski definition) is 7. The number of piperidine rings is 1. The maximum atomic E-state index is 13.2. The Morgan fingerprint density at radius 1 is 1.25 bits per heavy atom. The average molecular weight is 471 g/mol. The van der Waals surface area contributed by atoms with E-state index >= 15 is 0 Å². The zero-order valence-electron chi connectivity index (χ0n) is 17.7. The quantitative estimate of drug-likeness (QED) is 0.468. The van der Waals surface area contributed by atoms with E-state index in [-0.39, 0.29) is 30.3 Å². The molecule has 5 N–H and O–H groups in total. The van der Waals surface area contributed by atoms with Crippen LogP contribution < -0.4 is 10.6 Å². The van der Waals surface area contributed by atoms with E-state index in [0.717, 1.165) is 15.4 Å². The third-order valence-electron chi connectivity index (χ3n) is 5.30. The molecule has 0 radical (unpaired) electrons. The molecule has 0 amide bonds. The Labute approximate surface area is 185 Å². The molecule has 176 valence electrons. The summed E-state index contributed by atoms with van der Waals surface area (Å²) >= 11 is 0. The first-order chi connectivity index (χ1) is 15.0. The monoisotopic (exact) mass is 470 g/mol. The van der Waals surface area contributed by atoms with Crippen LogP contribution in [0, 0.1) is 12.7 Å². The molecule has 2 aromatic carbocycles. The molecule has 1 fully saturated rings. The number of carboxylic acids is 1. The van der Waals surface area contributed by atoms with Gasteiger partial charge in [0.2, 0.25) is 10.0 Å². The Morgan fingerprint density at radius 3 is 2.44 bits per heavy atom. The van der Waals surface area contributed by atoms with Crippen LogP contribution in [0.1, 0.15) is 30.9 Å². The molecule has 0 bridgehead atoms. The van der Waals surface area contributed by atoms with Gasteiger partial charge in [-0.3, -0.25) is 4.79 Å². The van der Waals surface area contributed by atoms with E-state index in [1.165, 1.54) is 43.3 Å². The molecule has 0 aliphatic carbocycles. The number of aliphatic hydroxyl groups is 1. The number of aliphatic carboxylic acids is 1. The van der Waals surface area contributed by atoms with E-state index in [1.807, 2.05) is 0 Å². The van der Waals surface area contributed by atoms with Gasteiger partial charge in [0.25, 0.3) is 0 Å². The van der Waals surface area contributed by atoms with Gasteiger partial charge in [0.05, 0.1) is 10.5 Å². The van der Waals surface area contributed by atoms with E-state index < -0.39 is 27.6 Å². The summed E-state index contributed by atoms with van der Waals surface area (Å²) in [6.07, 6.45) is 0.555. The van der Waals surface area contributed by atoms with Crippen LogP contribution in [0.4, 0.5) is 4.39 Å². The van der Waals surface area contributed by atoms with Gasteiger partial charge in [-0.15, -0.1) is 0 Å². The third-order valence-corrected chi connectivity index (χ3v) is 7.18. The van der Waals surface area contributed by atoms with Crippen molar-refractivity contribution < 1.29 is 37.8 Å². The summed E-state index contributed by atoms with van der Waals surface area (Å²) in [6.45, 7) is 3.30. The molecule has 1 aliphatic heterocycles. The Hall–Kier alpha value is -2.57. The molecule has 2 atom stereocenters. The summed E-state index contributed by atoms with van der Waals surface area (Å²) in [5.74, 6) is 2.19. The number of nitrogens with two attached hydrogens (primary N) is 1. The van der Waals surface area contributed by atoms with Crippen LogP contribution >= 0.6 is 0 Å². The van der Waals surface area contributed by atoms with Crippen molar-refractivity contribution in [3.05, 3.63) is 59.4 Å². The molecular formula is C21H27FN2O7S. The fraction of sp³-hybridized carbons (Fsp3) is 0.381. The van der Waals surface area contributed by atoms with Crippen LogP contribution in [0.25, 0.3) is 0 Å². The number of carbonyl (C=O) groups is 1. The van der Waals surface area contributed by atoms with Crippen LogP contribution in [0.3, 0.4) is 0 Å². The standard InChI is InChI=1S/C21H24FNO6S.H3NO/c1-14-12-16(22)5-4-15(14)13-29-17-6-8-18(9-7-17)30(27,28)23-11-3-10-21(2,26)19(23)20(24)25;1-2/h4-9,12,19,26H,3,10-11,13H2,1-2H3,(H,24,25);2H,1H2/t19-,21+;/m0./s1. The molecule has 0 aromatic heterocycles. The third kappa shape index (κ3) is 5.61. The number of rotatable bonds is 6.